The molecule has 0 saturated heterocycles. The third-order valence-corrected chi connectivity index (χ3v) is 10.4. The molecule has 0 amide bonds. The summed E-state index contributed by atoms with van der Waals surface area (Å²) in [6.07, 6.45) is 0. The third kappa shape index (κ3) is 26.0. The Morgan fingerprint density at radius 3 is 0.851 bits per heavy atom. The van der Waals surface area contributed by atoms with E-state index in [0.717, 1.165) is 0 Å². The Morgan fingerprint density at radius 1 is 0.351 bits per heavy atom. The van der Waals surface area contributed by atoms with E-state index in [4.69, 9.17) is 71.4 Å². The molecular formula is C54H82O20. The number of rotatable bonds is 46. The average molecular weight is 1050 g/mol. The second-order valence-electron chi connectivity index (χ2n) is 18.0. The summed E-state index contributed by atoms with van der Waals surface area (Å²) in [6.45, 7) is 16.0. The van der Waals surface area contributed by atoms with Gasteiger partial charge in [0, 0.05) is 16.7 Å². The first kappa shape index (κ1) is 64.1. The van der Waals surface area contributed by atoms with E-state index in [1.165, 1.54) is 27.7 Å². The van der Waals surface area contributed by atoms with Gasteiger partial charge in [0.25, 0.3) is 0 Å². The molecule has 0 atom stereocenters. The highest BCUT2D eigenvalue weighted by molar-refractivity contribution is 6.02. The number of carbonyl (C=O) groups is 2. The van der Waals surface area contributed by atoms with E-state index in [2.05, 4.69) is 0 Å². The molecule has 0 radical (unpaired) electrons. The number of hydrogen-bond acceptors (Lipinski definition) is 20. The van der Waals surface area contributed by atoms with Crippen LogP contribution < -0.4 is 14.2 Å². The lowest BCUT2D eigenvalue weighted by atomic mass is 9.89. The van der Waals surface area contributed by atoms with Crippen LogP contribution in [0.4, 0.5) is 0 Å². The van der Waals surface area contributed by atoms with Gasteiger partial charge in [-0.1, -0.05) is 0 Å². The van der Waals surface area contributed by atoms with E-state index < -0.39 is 22.6 Å². The fourth-order valence-corrected chi connectivity index (χ4v) is 6.63. The van der Waals surface area contributed by atoms with Gasteiger partial charge < -0.3 is 86.7 Å². The zero-order valence-corrected chi connectivity index (χ0v) is 44.2. The minimum absolute atomic E-state index is 0.0253. The lowest BCUT2D eigenvalue weighted by molar-refractivity contribution is -0.327. The third-order valence-electron chi connectivity index (χ3n) is 10.4. The second kappa shape index (κ2) is 35.9. The maximum absolute atomic E-state index is 12.2. The molecule has 3 aromatic carbocycles. The Hall–Kier alpha value is -4.20. The molecule has 4 N–H and O–H groups in total. The molecule has 418 valence electrons. The Labute approximate surface area is 436 Å². The molecule has 3 rings (SSSR count). The molecule has 3 aromatic rings. The fraction of sp³-hybridized carbons (Fsp3) is 0.630. The minimum Gasteiger partial charge on any atom is -0.491 e. The number of aliphatic hydroxyl groups excluding tert-OH is 1. The van der Waals surface area contributed by atoms with Crippen molar-refractivity contribution in [2.75, 3.05) is 159 Å². The zero-order valence-electron chi connectivity index (χ0n) is 44.2. The monoisotopic (exact) mass is 1050 g/mol. The Morgan fingerprint density at radius 2 is 0.595 bits per heavy atom. The smallest absolute Gasteiger partial charge is 0.224 e. The fourth-order valence-electron chi connectivity index (χ4n) is 6.63. The molecule has 74 heavy (non-hydrogen) atoms. The normalized spacial score (nSPS) is 12.3. The van der Waals surface area contributed by atoms with Gasteiger partial charge in [-0.05, 0) is 114 Å². The number of hydrogen-bond donors (Lipinski definition) is 4. The van der Waals surface area contributed by atoms with Gasteiger partial charge in [-0.25, -0.2) is 0 Å². The molecule has 0 aliphatic carbocycles. The predicted octanol–water partition coefficient (Wildman–Crippen LogP) is 4.23. The molecule has 20 heteroatoms. The first-order valence-corrected chi connectivity index (χ1v) is 25.0. The molecule has 0 spiro atoms. The van der Waals surface area contributed by atoms with Crippen LogP contribution in [-0.4, -0.2) is 207 Å². The van der Waals surface area contributed by atoms with Crippen LogP contribution in [0, 0.1) is 0 Å². The van der Waals surface area contributed by atoms with Crippen molar-refractivity contribution in [2.24, 2.45) is 0 Å². The molecule has 0 aliphatic heterocycles. The SMILES string of the molecule is CC(C)(O)C(=O)c1ccc(OCCOCCOCCOCCOC(OCCOCCOCCOCCOc2ccc(C(=O)C(C)(C)O)cc2)(c2ccc(OCCOCCOCCOCCO)cc2)C(C)(C)O)cc1. The first-order chi connectivity index (χ1) is 35.5. The number of benzene rings is 3. The number of Topliss-reactive ketones (excluding diaryl/α,β-unsaturated/α-hetero) is 2. The van der Waals surface area contributed by atoms with Gasteiger partial charge in [-0.15, -0.1) is 0 Å². The van der Waals surface area contributed by atoms with E-state index in [0.29, 0.717) is 153 Å². The molecular weight excluding hydrogens is 969 g/mol. The molecule has 0 aromatic heterocycles. The van der Waals surface area contributed by atoms with Crippen molar-refractivity contribution in [3.8, 4) is 17.2 Å². The predicted molar refractivity (Wildman–Crippen MR) is 271 cm³/mol. The topological polar surface area (TPSA) is 244 Å². The van der Waals surface area contributed by atoms with Gasteiger partial charge in [0.05, 0.1) is 139 Å². The highest BCUT2D eigenvalue weighted by Gasteiger charge is 2.48. The van der Waals surface area contributed by atoms with Crippen molar-refractivity contribution in [2.45, 2.75) is 64.1 Å². The molecule has 0 heterocycles. The molecule has 0 unspecified atom stereocenters. The van der Waals surface area contributed by atoms with Gasteiger partial charge in [0.2, 0.25) is 5.79 Å². The number of ether oxygens (including phenoxy) is 14. The summed E-state index contributed by atoms with van der Waals surface area (Å²) in [4.78, 5) is 24.4. The molecule has 20 nitrogen and oxygen atoms in total. The van der Waals surface area contributed by atoms with Gasteiger partial charge in [-0.3, -0.25) is 9.59 Å². The number of aliphatic hydroxyl groups is 4. The van der Waals surface area contributed by atoms with E-state index in [1.54, 1.807) is 86.6 Å². The van der Waals surface area contributed by atoms with Gasteiger partial charge >= 0.3 is 0 Å². The van der Waals surface area contributed by atoms with Gasteiger partial charge in [0.15, 0.2) is 11.6 Å². The quantitative estimate of drug-likeness (QED) is 0.0351. The summed E-state index contributed by atoms with van der Waals surface area (Å²) in [7, 11) is 0. The maximum atomic E-state index is 12.2. The van der Waals surface area contributed by atoms with Crippen molar-refractivity contribution < 1.29 is 96.3 Å². The summed E-state index contributed by atoms with van der Waals surface area (Å²) in [5, 5.41) is 40.2. The molecule has 0 bridgehead atoms. The van der Waals surface area contributed by atoms with Crippen LogP contribution in [-0.2, 0) is 57.9 Å². The van der Waals surface area contributed by atoms with Crippen LogP contribution in [0.2, 0.25) is 0 Å². The van der Waals surface area contributed by atoms with Crippen LogP contribution in [0.5, 0.6) is 17.2 Å². The molecule has 0 fully saturated rings. The molecule has 0 aliphatic rings. The van der Waals surface area contributed by atoms with Gasteiger partial charge in [-0.2, -0.15) is 0 Å². The standard InChI is InChI=1S/C54H82O20/c1-51(2,58)49(56)43-7-13-46(14-8-43)70-38-33-65-29-24-63-26-31-68-36-41-73-54(53(5,6)60,45-11-17-48(18-12-45)72-40-35-67-28-23-62-22-21-61-20-19-55)74-42-37-69-32-27-64-25-30-66-34-39-71-47-15-9-44(10-16-47)50(57)52(3,4)59/h7-18,55,58-60H,19-42H2,1-6H3. The van der Waals surface area contributed by atoms with Crippen molar-refractivity contribution in [1.29, 1.82) is 0 Å². The Balaban J connectivity index is 1.37. The van der Waals surface area contributed by atoms with Crippen molar-refractivity contribution >= 4 is 11.6 Å². The maximum Gasteiger partial charge on any atom is 0.224 e. The van der Waals surface area contributed by atoms with E-state index in [9.17, 15) is 24.9 Å². The minimum atomic E-state index is -1.63. The first-order valence-electron chi connectivity index (χ1n) is 25.0. The Bertz CT molecular complexity index is 1810. The average Bonchev–Trinajstić information content (AvgIpc) is 3.37. The van der Waals surface area contributed by atoms with E-state index in [1.807, 2.05) is 0 Å². The summed E-state index contributed by atoms with van der Waals surface area (Å²) in [5.41, 5.74) is -3.08. The Kier molecular flexibility index (Phi) is 31.1. The van der Waals surface area contributed by atoms with E-state index in [-0.39, 0.29) is 51.2 Å². The van der Waals surface area contributed by atoms with Crippen LogP contribution in [0.25, 0.3) is 0 Å². The summed E-state index contributed by atoms with van der Waals surface area (Å²) < 4.78 is 80.2. The lowest BCUT2D eigenvalue weighted by Gasteiger charge is -2.43. The van der Waals surface area contributed by atoms with E-state index >= 15 is 0 Å². The molecule has 0 saturated carbocycles. The van der Waals surface area contributed by atoms with Crippen LogP contribution in [0.3, 0.4) is 0 Å². The summed E-state index contributed by atoms with van der Waals surface area (Å²) in [6, 6.07) is 20.2. The van der Waals surface area contributed by atoms with Gasteiger partial charge in [0.1, 0.15) is 53.9 Å². The van der Waals surface area contributed by atoms with Crippen LogP contribution >= 0.6 is 0 Å². The van der Waals surface area contributed by atoms with Crippen molar-refractivity contribution in [3.05, 3.63) is 89.5 Å². The van der Waals surface area contributed by atoms with Crippen LogP contribution in [0.15, 0.2) is 72.8 Å². The zero-order chi connectivity index (χ0) is 54.0. The highest BCUT2D eigenvalue weighted by atomic mass is 16.7. The van der Waals surface area contributed by atoms with Crippen LogP contribution in [0.1, 0.15) is 67.8 Å². The van der Waals surface area contributed by atoms with Crippen molar-refractivity contribution in [3.63, 3.8) is 0 Å². The largest absolute Gasteiger partial charge is 0.491 e. The number of carbonyl (C=O) groups excluding carboxylic acids is 2. The lowest BCUT2D eigenvalue weighted by Crippen LogP contribution is -2.52. The number of ketones is 2. The summed E-state index contributed by atoms with van der Waals surface area (Å²) >= 11 is 0. The van der Waals surface area contributed by atoms with Crippen molar-refractivity contribution in [1.82, 2.24) is 0 Å². The highest BCUT2D eigenvalue weighted by Crippen LogP contribution is 2.39. The summed E-state index contributed by atoms with van der Waals surface area (Å²) in [5.74, 6) is -0.607. The second-order valence-corrected chi connectivity index (χ2v) is 18.0.